The van der Waals surface area contributed by atoms with Gasteiger partial charge in [-0.1, -0.05) is 5.16 Å². The lowest BCUT2D eigenvalue weighted by Gasteiger charge is -2.36. The van der Waals surface area contributed by atoms with Crippen molar-refractivity contribution in [2.24, 2.45) is 5.41 Å². The summed E-state index contributed by atoms with van der Waals surface area (Å²) in [5, 5.41) is 10.8. The van der Waals surface area contributed by atoms with Crippen LogP contribution in [0.1, 0.15) is 53.9 Å². The molecule has 1 atom stereocenters. The molecule has 4 heterocycles. The number of piperidine rings is 1. The molecule has 160 valence electrons. The maximum atomic E-state index is 12.8. The molecule has 1 aromatic rings. The van der Waals surface area contributed by atoms with Crippen molar-refractivity contribution in [3.8, 4) is 0 Å². The standard InChI is InChI=1S/C19H27N3O4.CH2O2/c1-13-16(14(2)26-20-13)17(23)22-9-5-19(6-10-22)11-15(25-18(19)24)12-21-7-3-4-8-21;2-1-3/h15H,3-12H2,1-2H3;1H,(H,2,3). The first-order chi connectivity index (χ1) is 13.9. The minimum atomic E-state index is -0.403. The summed E-state index contributed by atoms with van der Waals surface area (Å²) in [5.74, 6) is 0.445. The quantitative estimate of drug-likeness (QED) is 0.594. The third-order valence-corrected chi connectivity index (χ3v) is 6.24. The number of hydrogen-bond donors (Lipinski definition) is 1. The van der Waals surface area contributed by atoms with Crippen LogP contribution in [-0.4, -0.2) is 77.2 Å². The molecule has 0 aliphatic carbocycles. The Bertz CT molecular complexity index is 728. The zero-order valence-electron chi connectivity index (χ0n) is 17.1. The highest BCUT2D eigenvalue weighted by Crippen LogP contribution is 2.43. The molecule has 0 saturated carbocycles. The second-order valence-corrected chi connectivity index (χ2v) is 8.12. The van der Waals surface area contributed by atoms with Gasteiger partial charge < -0.3 is 19.3 Å². The second kappa shape index (κ2) is 8.94. The van der Waals surface area contributed by atoms with Crippen molar-refractivity contribution >= 4 is 18.3 Å². The maximum Gasteiger partial charge on any atom is 0.312 e. The van der Waals surface area contributed by atoms with Gasteiger partial charge in [0.05, 0.1) is 11.1 Å². The van der Waals surface area contributed by atoms with Gasteiger partial charge in [-0.3, -0.25) is 19.3 Å². The molecule has 4 rings (SSSR count). The summed E-state index contributed by atoms with van der Waals surface area (Å²) in [6, 6.07) is 0. The molecule has 9 nitrogen and oxygen atoms in total. The monoisotopic (exact) mass is 407 g/mol. The van der Waals surface area contributed by atoms with E-state index in [-0.39, 0.29) is 24.5 Å². The molecule has 0 bridgehead atoms. The van der Waals surface area contributed by atoms with Gasteiger partial charge in [-0.15, -0.1) is 0 Å². The molecule has 0 radical (unpaired) electrons. The van der Waals surface area contributed by atoms with E-state index in [0.717, 1.165) is 26.1 Å². The lowest BCUT2D eigenvalue weighted by Crippen LogP contribution is -2.45. The second-order valence-electron chi connectivity index (χ2n) is 8.12. The molecule has 0 aromatic carbocycles. The average molecular weight is 407 g/mol. The first-order valence-corrected chi connectivity index (χ1v) is 10.1. The van der Waals surface area contributed by atoms with Gasteiger partial charge in [-0.2, -0.15) is 0 Å². The number of nitrogens with zero attached hydrogens (tertiary/aromatic N) is 3. The topological polar surface area (TPSA) is 113 Å². The Morgan fingerprint density at radius 3 is 2.41 bits per heavy atom. The van der Waals surface area contributed by atoms with Gasteiger partial charge in [0.15, 0.2) is 0 Å². The first-order valence-electron chi connectivity index (χ1n) is 10.1. The highest BCUT2D eigenvalue weighted by Gasteiger charge is 2.51. The Kier molecular flexibility index (Phi) is 6.56. The van der Waals surface area contributed by atoms with Crippen LogP contribution in [0.2, 0.25) is 0 Å². The Balaban J connectivity index is 0.000000755. The fourth-order valence-electron chi connectivity index (χ4n) is 4.68. The number of likely N-dealkylation sites (tertiary alicyclic amines) is 2. The number of carbonyl (C=O) groups is 3. The van der Waals surface area contributed by atoms with Gasteiger partial charge >= 0.3 is 5.97 Å². The minimum Gasteiger partial charge on any atom is -0.483 e. The molecule has 1 aromatic heterocycles. The van der Waals surface area contributed by atoms with E-state index in [2.05, 4.69) is 10.1 Å². The highest BCUT2D eigenvalue weighted by molar-refractivity contribution is 5.96. The van der Waals surface area contributed by atoms with Gasteiger partial charge in [-0.05, 0) is 52.6 Å². The molecular formula is C20H29N3O6. The molecule has 3 aliphatic heterocycles. The molecular weight excluding hydrogens is 378 g/mol. The molecule has 3 aliphatic rings. The van der Waals surface area contributed by atoms with Crippen molar-refractivity contribution in [3.63, 3.8) is 0 Å². The maximum absolute atomic E-state index is 12.8. The van der Waals surface area contributed by atoms with E-state index >= 15 is 0 Å². The molecule has 3 saturated heterocycles. The number of rotatable bonds is 3. The zero-order chi connectivity index (χ0) is 21.0. The van der Waals surface area contributed by atoms with E-state index in [9.17, 15) is 9.59 Å². The Morgan fingerprint density at radius 2 is 1.86 bits per heavy atom. The van der Waals surface area contributed by atoms with E-state index in [1.54, 1.807) is 13.8 Å². The summed E-state index contributed by atoms with van der Waals surface area (Å²) in [6.45, 7) is 7.53. The van der Waals surface area contributed by atoms with E-state index < -0.39 is 5.41 Å². The Morgan fingerprint density at radius 1 is 1.24 bits per heavy atom. The fourth-order valence-corrected chi connectivity index (χ4v) is 4.68. The summed E-state index contributed by atoms with van der Waals surface area (Å²) in [7, 11) is 0. The predicted molar refractivity (Wildman–Crippen MR) is 102 cm³/mol. The number of aromatic nitrogens is 1. The SMILES string of the molecule is Cc1noc(C)c1C(=O)N1CCC2(CC1)CC(CN1CCCC1)OC2=O.O=CO. The van der Waals surface area contributed by atoms with Crippen LogP contribution in [0.15, 0.2) is 4.52 Å². The van der Waals surface area contributed by atoms with Crippen LogP contribution in [0.25, 0.3) is 0 Å². The highest BCUT2D eigenvalue weighted by atomic mass is 16.6. The number of aryl methyl sites for hydroxylation is 2. The van der Waals surface area contributed by atoms with Crippen LogP contribution in [0.4, 0.5) is 0 Å². The van der Waals surface area contributed by atoms with E-state index in [4.69, 9.17) is 19.2 Å². The van der Waals surface area contributed by atoms with Gasteiger partial charge in [0.2, 0.25) is 0 Å². The van der Waals surface area contributed by atoms with E-state index in [0.29, 0.717) is 42.9 Å². The Hall–Kier alpha value is -2.42. The lowest BCUT2D eigenvalue weighted by molar-refractivity contribution is -0.151. The molecule has 29 heavy (non-hydrogen) atoms. The summed E-state index contributed by atoms with van der Waals surface area (Å²) in [4.78, 5) is 37.9. The van der Waals surface area contributed by atoms with Crippen LogP contribution >= 0.6 is 0 Å². The molecule has 1 N–H and O–H groups in total. The average Bonchev–Trinajstić information content (AvgIpc) is 3.38. The van der Waals surface area contributed by atoms with Gasteiger partial charge in [-0.25, -0.2) is 0 Å². The van der Waals surface area contributed by atoms with Crippen molar-refractivity contribution in [2.45, 2.75) is 52.1 Å². The normalized spacial score (nSPS) is 23.6. The van der Waals surface area contributed by atoms with Crippen LogP contribution in [0.3, 0.4) is 0 Å². The van der Waals surface area contributed by atoms with Crippen LogP contribution in [0, 0.1) is 19.3 Å². The number of cyclic esters (lactones) is 1. The predicted octanol–water partition coefficient (Wildman–Crippen LogP) is 1.63. The molecule has 3 fully saturated rings. The lowest BCUT2D eigenvalue weighted by atomic mass is 9.76. The first kappa shape index (κ1) is 21.3. The third-order valence-electron chi connectivity index (χ3n) is 6.24. The largest absolute Gasteiger partial charge is 0.483 e. The summed E-state index contributed by atoms with van der Waals surface area (Å²) >= 11 is 0. The summed E-state index contributed by atoms with van der Waals surface area (Å²) < 4.78 is 10.8. The number of amides is 1. The number of ether oxygens (including phenoxy) is 1. The van der Waals surface area contributed by atoms with Crippen molar-refractivity contribution < 1.29 is 28.8 Å². The van der Waals surface area contributed by atoms with Crippen molar-refractivity contribution in [1.29, 1.82) is 0 Å². The number of carbonyl (C=O) groups excluding carboxylic acids is 2. The Labute approximate surface area is 170 Å². The smallest absolute Gasteiger partial charge is 0.312 e. The number of esters is 1. The van der Waals surface area contributed by atoms with Crippen LogP contribution in [-0.2, 0) is 14.3 Å². The van der Waals surface area contributed by atoms with Gasteiger partial charge in [0.25, 0.3) is 12.4 Å². The summed E-state index contributed by atoms with van der Waals surface area (Å²) in [5.41, 5.74) is 0.778. The van der Waals surface area contributed by atoms with E-state index in [1.165, 1.54) is 12.8 Å². The minimum absolute atomic E-state index is 0.00501. The van der Waals surface area contributed by atoms with Crippen LogP contribution in [0.5, 0.6) is 0 Å². The van der Waals surface area contributed by atoms with Gasteiger partial charge in [0.1, 0.15) is 17.4 Å². The van der Waals surface area contributed by atoms with Crippen molar-refractivity contribution in [2.75, 3.05) is 32.7 Å². The van der Waals surface area contributed by atoms with Gasteiger partial charge in [0, 0.05) is 26.1 Å². The van der Waals surface area contributed by atoms with Crippen molar-refractivity contribution in [3.05, 3.63) is 17.0 Å². The number of hydrogen-bond acceptors (Lipinski definition) is 7. The fraction of sp³-hybridized carbons (Fsp3) is 0.700. The summed E-state index contributed by atoms with van der Waals surface area (Å²) in [6.07, 6.45) is 4.63. The van der Waals surface area contributed by atoms with Crippen LogP contribution < -0.4 is 0 Å². The molecule has 1 spiro atoms. The van der Waals surface area contributed by atoms with E-state index in [1.807, 2.05) is 4.90 Å². The molecule has 1 unspecified atom stereocenters. The van der Waals surface area contributed by atoms with Crippen molar-refractivity contribution in [1.82, 2.24) is 15.0 Å². The third kappa shape index (κ3) is 4.44. The zero-order valence-corrected chi connectivity index (χ0v) is 17.1. The number of carboxylic acid groups (broad SMARTS) is 1. The molecule has 1 amide bonds. The molecule has 9 heteroatoms.